The molecule has 0 unspecified atom stereocenters. The zero-order chi connectivity index (χ0) is 15.7. The van der Waals surface area contributed by atoms with Crippen LogP contribution in [0.25, 0.3) is 11.4 Å². The molecule has 0 spiro atoms. The number of hydrogen-bond acceptors (Lipinski definition) is 5. The number of aromatic nitrogens is 2. The van der Waals surface area contributed by atoms with Crippen LogP contribution in [0.3, 0.4) is 0 Å². The second-order valence-corrected chi connectivity index (χ2v) is 7.41. The first kappa shape index (κ1) is 15.1. The van der Waals surface area contributed by atoms with E-state index in [1.165, 1.54) is 22.7 Å². The van der Waals surface area contributed by atoms with Gasteiger partial charge in [0.2, 0.25) is 21.7 Å². The molecule has 118 valence electrons. The van der Waals surface area contributed by atoms with Gasteiger partial charge in [0.15, 0.2) is 0 Å². The van der Waals surface area contributed by atoms with Crippen LogP contribution in [0, 0.1) is 5.82 Å². The van der Waals surface area contributed by atoms with Crippen LogP contribution in [0.4, 0.5) is 4.39 Å². The minimum absolute atomic E-state index is 0.106. The van der Waals surface area contributed by atoms with Gasteiger partial charge in [-0.05, 0) is 37.1 Å². The maximum Gasteiger partial charge on any atom is 0.231 e. The zero-order valence-corrected chi connectivity index (χ0v) is 12.9. The molecular weight excluding hydrogens is 309 g/mol. The van der Waals surface area contributed by atoms with Crippen LogP contribution in [0.1, 0.15) is 24.7 Å². The fourth-order valence-corrected chi connectivity index (χ4v) is 3.47. The van der Waals surface area contributed by atoms with Crippen LogP contribution in [-0.2, 0) is 10.0 Å². The molecule has 22 heavy (non-hydrogen) atoms. The fraction of sp³-hybridized carbons (Fsp3) is 0.429. The van der Waals surface area contributed by atoms with E-state index in [1.54, 1.807) is 12.1 Å². The summed E-state index contributed by atoms with van der Waals surface area (Å²) < 4.78 is 42.9. The summed E-state index contributed by atoms with van der Waals surface area (Å²) in [7, 11) is -3.22. The highest BCUT2D eigenvalue weighted by molar-refractivity contribution is 7.88. The SMILES string of the molecule is CS(=O)(=O)N1CCC[C@H](c2nc(-c3ccc(F)cc3)no2)C1. The third-order valence-electron chi connectivity index (χ3n) is 3.75. The van der Waals surface area contributed by atoms with Gasteiger partial charge in [0.05, 0.1) is 12.2 Å². The Labute approximate surface area is 128 Å². The highest BCUT2D eigenvalue weighted by Crippen LogP contribution is 2.28. The Morgan fingerprint density at radius 3 is 2.73 bits per heavy atom. The highest BCUT2D eigenvalue weighted by Gasteiger charge is 2.30. The summed E-state index contributed by atoms with van der Waals surface area (Å²) in [6.07, 6.45) is 2.76. The molecular formula is C14H16FN3O3S. The molecule has 1 fully saturated rings. The van der Waals surface area contributed by atoms with Crippen LogP contribution >= 0.6 is 0 Å². The Hall–Kier alpha value is -1.80. The van der Waals surface area contributed by atoms with E-state index >= 15 is 0 Å². The lowest BCUT2D eigenvalue weighted by Crippen LogP contribution is -2.38. The topological polar surface area (TPSA) is 76.3 Å². The van der Waals surface area contributed by atoms with E-state index < -0.39 is 10.0 Å². The van der Waals surface area contributed by atoms with E-state index in [0.29, 0.717) is 30.4 Å². The van der Waals surface area contributed by atoms with Gasteiger partial charge in [0.1, 0.15) is 5.82 Å². The van der Waals surface area contributed by atoms with Crippen molar-refractivity contribution >= 4 is 10.0 Å². The first-order valence-corrected chi connectivity index (χ1v) is 8.83. The predicted molar refractivity (Wildman–Crippen MR) is 78.1 cm³/mol. The minimum atomic E-state index is -3.22. The summed E-state index contributed by atoms with van der Waals surface area (Å²) in [6, 6.07) is 5.82. The number of piperidine rings is 1. The molecule has 1 aliphatic rings. The molecule has 1 aromatic carbocycles. The molecule has 0 radical (unpaired) electrons. The van der Waals surface area contributed by atoms with Crippen molar-refractivity contribution in [1.82, 2.24) is 14.4 Å². The molecule has 3 rings (SSSR count). The molecule has 0 amide bonds. The van der Waals surface area contributed by atoms with Crippen LogP contribution in [0.15, 0.2) is 28.8 Å². The van der Waals surface area contributed by atoms with Gasteiger partial charge >= 0.3 is 0 Å². The molecule has 1 aliphatic heterocycles. The van der Waals surface area contributed by atoms with Gasteiger partial charge in [-0.1, -0.05) is 5.16 Å². The van der Waals surface area contributed by atoms with Crippen molar-refractivity contribution in [2.45, 2.75) is 18.8 Å². The number of halogens is 1. The average molecular weight is 325 g/mol. The van der Waals surface area contributed by atoms with Gasteiger partial charge in [-0.25, -0.2) is 17.1 Å². The summed E-state index contributed by atoms with van der Waals surface area (Å²) in [5, 5.41) is 3.90. The fourth-order valence-electron chi connectivity index (χ4n) is 2.56. The average Bonchev–Trinajstić information content (AvgIpc) is 2.97. The largest absolute Gasteiger partial charge is 0.339 e. The van der Waals surface area contributed by atoms with Gasteiger partial charge in [0, 0.05) is 18.7 Å². The summed E-state index contributed by atoms with van der Waals surface area (Å²) in [5.41, 5.74) is 0.659. The molecule has 2 aromatic rings. The van der Waals surface area contributed by atoms with Crippen molar-refractivity contribution in [2.75, 3.05) is 19.3 Å². The van der Waals surface area contributed by atoms with E-state index in [4.69, 9.17) is 4.52 Å². The number of nitrogens with zero attached hydrogens (tertiary/aromatic N) is 3. The molecule has 8 heteroatoms. The van der Waals surface area contributed by atoms with Crippen molar-refractivity contribution in [1.29, 1.82) is 0 Å². The number of sulfonamides is 1. The standard InChI is InChI=1S/C14H16FN3O3S/c1-22(19,20)18-8-2-3-11(9-18)14-16-13(17-21-14)10-4-6-12(15)7-5-10/h4-7,11H,2-3,8-9H2,1H3/t11-/m0/s1. The Morgan fingerprint density at radius 1 is 1.32 bits per heavy atom. The van der Waals surface area contributed by atoms with Crippen molar-refractivity contribution in [3.8, 4) is 11.4 Å². The summed E-state index contributed by atoms with van der Waals surface area (Å²) in [6.45, 7) is 0.873. The maximum atomic E-state index is 12.9. The van der Waals surface area contributed by atoms with Gasteiger partial charge in [-0.3, -0.25) is 0 Å². The smallest absolute Gasteiger partial charge is 0.231 e. The predicted octanol–water partition coefficient (Wildman–Crippen LogP) is 2.01. The number of rotatable bonds is 3. The van der Waals surface area contributed by atoms with Crippen molar-refractivity contribution in [3.63, 3.8) is 0 Å². The van der Waals surface area contributed by atoms with E-state index in [0.717, 1.165) is 12.8 Å². The molecule has 0 bridgehead atoms. The second kappa shape index (κ2) is 5.77. The lowest BCUT2D eigenvalue weighted by atomic mass is 10.00. The van der Waals surface area contributed by atoms with Crippen molar-refractivity contribution in [3.05, 3.63) is 36.0 Å². The molecule has 1 saturated heterocycles. The van der Waals surface area contributed by atoms with Crippen molar-refractivity contribution < 1.29 is 17.3 Å². The quantitative estimate of drug-likeness (QED) is 0.863. The summed E-state index contributed by atoms with van der Waals surface area (Å²) in [5.74, 6) is 0.368. The van der Waals surface area contributed by atoms with E-state index in [1.807, 2.05) is 0 Å². The van der Waals surface area contributed by atoms with Gasteiger partial charge in [0.25, 0.3) is 0 Å². The van der Waals surface area contributed by atoms with Crippen molar-refractivity contribution in [2.24, 2.45) is 0 Å². The first-order valence-electron chi connectivity index (χ1n) is 6.98. The van der Waals surface area contributed by atoms with Crippen LogP contribution in [0.5, 0.6) is 0 Å². The maximum absolute atomic E-state index is 12.9. The second-order valence-electron chi connectivity index (χ2n) is 5.42. The molecule has 0 aliphatic carbocycles. The van der Waals surface area contributed by atoms with Gasteiger partial charge in [-0.15, -0.1) is 0 Å². The van der Waals surface area contributed by atoms with Crippen LogP contribution < -0.4 is 0 Å². The van der Waals surface area contributed by atoms with E-state index in [9.17, 15) is 12.8 Å². The minimum Gasteiger partial charge on any atom is -0.339 e. The summed E-state index contributed by atoms with van der Waals surface area (Å²) in [4.78, 5) is 4.33. The first-order chi connectivity index (χ1) is 10.4. The van der Waals surface area contributed by atoms with Crippen LogP contribution in [0.2, 0.25) is 0 Å². The van der Waals surface area contributed by atoms with Gasteiger partial charge in [-0.2, -0.15) is 4.98 Å². The zero-order valence-electron chi connectivity index (χ0n) is 12.1. The number of benzene rings is 1. The van der Waals surface area contributed by atoms with Crippen LogP contribution in [-0.4, -0.2) is 42.2 Å². The Morgan fingerprint density at radius 2 is 2.05 bits per heavy atom. The third kappa shape index (κ3) is 3.17. The molecule has 1 aromatic heterocycles. The third-order valence-corrected chi connectivity index (χ3v) is 5.02. The Bertz CT molecular complexity index is 758. The molecule has 0 N–H and O–H groups in total. The number of hydrogen-bond donors (Lipinski definition) is 0. The Kier molecular flexibility index (Phi) is 3.96. The molecule has 6 nitrogen and oxygen atoms in total. The normalized spacial score (nSPS) is 20.2. The monoisotopic (exact) mass is 325 g/mol. The molecule has 1 atom stereocenters. The Balaban J connectivity index is 1.80. The lowest BCUT2D eigenvalue weighted by Gasteiger charge is -2.28. The van der Waals surface area contributed by atoms with E-state index in [2.05, 4.69) is 10.1 Å². The molecule has 0 saturated carbocycles. The highest BCUT2D eigenvalue weighted by atomic mass is 32.2. The van der Waals surface area contributed by atoms with Gasteiger partial charge < -0.3 is 4.52 Å². The summed E-state index contributed by atoms with van der Waals surface area (Å²) >= 11 is 0. The van der Waals surface area contributed by atoms with E-state index in [-0.39, 0.29) is 11.7 Å². The molecule has 2 heterocycles. The lowest BCUT2D eigenvalue weighted by molar-refractivity contribution is 0.266.